The van der Waals surface area contributed by atoms with Gasteiger partial charge < -0.3 is 33.6 Å². The van der Waals surface area contributed by atoms with E-state index in [1.165, 1.54) is 0 Å². The zero-order chi connectivity index (χ0) is 20.5. The molecule has 0 atom stereocenters. The smallest absolute Gasteiger partial charge is 0.226 e. The van der Waals surface area contributed by atoms with Crippen LogP contribution in [0, 0.1) is 0 Å². The van der Waals surface area contributed by atoms with Crippen LogP contribution in [-0.2, 0) is 13.6 Å². The average molecular weight is 397 g/mol. The molecule has 1 fully saturated rings. The monoisotopic (exact) mass is 396 g/mol. The van der Waals surface area contributed by atoms with Gasteiger partial charge >= 0.3 is 0 Å². The van der Waals surface area contributed by atoms with Gasteiger partial charge in [0.25, 0.3) is 0 Å². The zero-order valence-corrected chi connectivity index (χ0v) is 16.5. The number of nitrogen functional groups attached to an aromatic ring is 3. The quantitative estimate of drug-likeness (QED) is 0.349. The third-order valence-electron chi connectivity index (χ3n) is 5.52. The maximum Gasteiger partial charge on any atom is 0.226 e. The Morgan fingerprint density at radius 3 is 2.59 bits per heavy atom. The van der Waals surface area contributed by atoms with Crippen LogP contribution in [-0.4, -0.2) is 31.6 Å². The van der Waals surface area contributed by atoms with E-state index < -0.39 is 0 Å². The number of hydrogen-bond acceptors (Lipinski definition) is 9. The van der Waals surface area contributed by atoms with Crippen LogP contribution in [0.5, 0.6) is 0 Å². The fraction of sp³-hybridized carbons (Fsp3) is 0.421. The number of anilines is 5. The molecule has 1 aliphatic carbocycles. The highest BCUT2D eigenvalue weighted by atomic mass is 15.3. The fourth-order valence-corrected chi connectivity index (χ4v) is 3.71. The van der Waals surface area contributed by atoms with E-state index >= 15 is 0 Å². The third-order valence-corrected chi connectivity index (χ3v) is 5.52. The molecule has 0 radical (unpaired) electrons. The van der Waals surface area contributed by atoms with Crippen LogP contribution in [0.1, 0.15) is 31.2 Å². The Labute approximate surface area is 169 Å². The number of hydrogen-bond donors (Lipinski definition) is 6. The van der Waals surface area contributed by atoms with Gasteiger partial charge in [0.2, 0.25) is 11.9 Å². The number of benzene rings is 1. The van der Waals surface area contributed by atoms with Gasteiger partial charge in [-0.05, 0) is 37.3 Å². The van der Waals surface area contributed by atoms with Crippen LogP contribution in [0.2, 0.25) is 0 Å². The van der Waals surface area contributed by atoms with Crippen molar-refractivity contribution in [3.63, 3.8) is 0 Å². The van der Waals surface area contributed by atoms with E-state index in [1.807, 2.05) is 23.7 Å². The van der Waals surface area contributed by atoms with Crippen LogP contribution in [0.3, 0.4) is 0 Å². The van der Waals surface area contributed by atoms with Gasteiger partial charge in [-0.15, -0.1) is 0 Å². The Morgan fingerprint density at radius 2 is 1.83 bits per heavy atom. The van der Waals surface area contributed by atoms with E-state index in [2.05, 4.69) is 25.6 Å². The number of imidazole rings is 1. The molecule has 154 valence electrons. The molecular weight excluding hydrogens is 368 g/mol. The Hall–Kier alpha value is -3.27. The van der Waals surface area contributed by atoms with Gasteiger partial charge in [0.1, 0.15) is 0 Å². The standard InChI is InChI=1S/C19H28N10/c1-29-17-15(26-19(29)24-9-10-3-2-4-13(21)14(10)22)16(23)27-18(28-17)25-12-7-5-11(20)6-8-12/h2-4,11-12H,5-9,20-22H2,1H3,(H,24,26)(H3,23,25,27,28). The van der Waals surface area contributed by atoms with Crippen molar-refractivity contribution < 1.29 is 0 Å². The maximum atomic E-state index is 6.17. The lowest BCUT2D eigenvalue weighted by atomic mass is 9.92. The van der Waals surface area contributed by atoms with Crippen LogP contribution >= 0.6 is 0 Å². The van der Waals surface area contributed by atoms with Gasteiger partial charge in [-0.2, -0.15) is 9.97 Å². The summed E-state index contributed by atoms with van der Waals surface area (Å²) >= 11 is 0. The van der Waals surface area contributed by atoms with Gasteiger partial charge in [-0.25, -0.2) is 4.98 Å². The lowest BCUT2D eigenvalue weighted by Gasteiger charge is -2.26. The minimum absolute atomic E-state index is 0.293. The molecule has 2 heterocycles. The van der Waals surface area contributed by atoms with Crippen molar-refractivity contribution in [2.75, 3.05) is 27.8 Å². The molecule has 29 heavy (non-hydrogen) atoms. The third kappa shape index (κ3) is 3.83. The molecule has 10 heteroatoms. The van der Waals surface area contributed by atoms with Gasteiger partial charge in [-0.1, -0.05) is 12.1 Å². The van der Waals surface area contributed by atoms with Crippen molar-refractivity contribution in [2.24, 2.45) is 12.8 Å². The highest BCUT2D eigenvalue weighted by Gasteiger charge is 2.21. The van der Waals surface area contributed by atoms with Gasteiger partial charge in [0, 0.05) is 25.7 Å². The largest absolute Gasteiger partial charge is 0.397 e. The summed E-state index contributed by atoms with van der Waals surface area (Å²) in [7, 11) is 1.89. The van der Waals surface area contributed by atoms with E-state index in [-0.39, 0.29) is 0 Å². The molecule has 0 unspecified atom stereocenters. The van der Waals surface area contributed by atoms with Crippen LogP contribution < -0.4 is 33.6 Å². The first-order chi connectivity index (χ1) is 13.9. The number of rotatable bonds is 5. The van der Waals surface area contributed by atoms with Crippen molar-refractivity contribution in [3.8, 4) is 0 Å². The molecule has 10 nitrogen and oxygen atoms in total. The zero-order valence-electron chi connectivity index (χ0n) is 16.5. The number of aromatic nitrogens is 4. The van der Waals surface area contributed by atoms with Gasteiger partial charge in [0.05, 0.1) is 11.4 Å². The van der Waals surface area contributed by atoms with E-state index in [4.69, 9.17) is 22.9 Å². The molecule has 1 aromatic carbocycles. The molecule has 1 aliphatic rings. The Bertz CT molecular complexity index is 1020. The summed E-state index contributed by atoms with van der Waals surface area (Å²) in [5.74, 6) is 1.49. The molecule has 0 saturated heterocycles. The lowest BCUT2D eigenvalue weighted by Crippen LogP contribution is -2.33. The van der Waals surface area contributed by atoms with Gasteiger partial charge in [-0.3, -0.25) is 4.57 Å². The second kappa shape index (κ2) is 7.63. The molecule has 0 bridgehead atoms. The summed E-state index contributed by atoms with van der Waals surface area (Å²) in [5.41, 5.74) is 27.3. The lowest BCUT2D eigenvalue weighted by molar-refractivity contribution is 0.410. The molecule has 4 rings (SSSR count). The molecule has 0 aliphatic heterocycles. The number of nitrogens with two attached hydrogens (primary N) is 4. The maximum absolute atomic E-state index is 6.17. The highest BCUT2D eigenvalue weighted by Crippen LogP contribution is 2.26. The molecule has 0 amide bonds. The second-order valence-electron chi connectivity index (χ2n) is 7.63. The normalized spacial score (nSPS) is 19.4. The summed E-state index contributed by atoms with van der Waals surface area (Å²) in [6.45, 7) is 0.481. The van der Waals surface area contributed by atoms with Crippen LogP contribution in [0.4, 0.5) is 29.1 Å². The number of para-hydroxylation sites is 1. The van der Waals surface area contributed by atoms with Crippen LogP contribution in [0.15, 0.2) is 18.2 Å². The fourth-order valence-electron chi connectivity index (χ4n) is 3.71. The molecule has 0 spiro atoms. The highest BCUT2D eigenvalue weighted by molar-refractivity contribution is 5.85. The molecular formula is C19H28N10. The predicted molar refractivity (Wildman–Crippen MR) is 117 cm³/mol. The molecule has 3 aromatic rings. The number of nitrogens with one attached hydrogen (secondary N) is 2. The summed E-state index contributed by atoms with van der Waals surface area (Å²) in [6, 6.07) is 6.17. The number of aryl methyl sites for hydroxylation is 1. The average Bonchev–Trinajstić information content (AvgIpc) is 3.01. The molecule has 10 N–H and O–H groups in total. The minimum atomic E-state index is 0.293. The second-order valence-corrected chi connectivity index (χ2v) is 7.63. The van der Waals surface area contributed by atoms with E-state index in [0.717, 1.165) is 31.2 Å². The number of nitrogens with zero attached hydrogens (tertiary/aromatic N) is 4. The van der Waals surface area contributed by atoms with Crippen molar-refractivity contribution in [1.29, 1.82) is 0 Å². The van der Waals surface area contributed by atoms with Gasteiger partial charge in [0.15, 0.2) is 17.0 Å². The first-order valence-electron chi connectivity index (χ1n) is 9.81. The van der Waals surface area contributed by atoms with E-state index in [1.54, 1.807) is 6.07 Å². The first kappa shape index (κ1) is 19.1. The van der Waals surface area contributed by atoms with Crippen molar-refractivity contribution in [3.05, 3.63) is 23.8 Å². The summed E-state index contributed by atoms with van der Waals surface area (Å²) in [5, 5.41) is 6.67. The topological polar surface area (TPSA) is 172 Å². The Kier molecular flexibility index (Phi) is 5.01. The van der Waals surface area contributed by atoms with Crippen molar-refractivity contribution >= 4 is 40.3 Å². The van der Waals surface area contributed by atoms with E-state index in [9.17, 15) is 0 Å². The minimum Gasteiger partial charge on any atom is -0.397 e. The summed E-state index contributed by atoms with van der Waals surface area (Å²) in [4.78, 5) is 13.6. The Morgan fingerprint density at radius 1 is 1.07 bits per heavy atom. The predicted octanol–water partition coefficient (Wildman–Crippen LogP) is 1.40. The SMILES string of the molecule is Cn1c(NCc2cccc(N)c2N)nc2c(N)nc(NC3CCC(N)CC3)nc21. The van der Waals surface area contributed by atoms with Crippen molar-refractivity contribution in [2.45, 2.75) is 44.3 Å². The molecule has 1 saturated carbocycles. The Balaban J connectivity index is 1.55. The molecule has 2 aromatic heterocycles. The number of fused-ring (bicyclic) bond motifs is 1. The summed E-state index contributed by atoms with van der Waals surface area (Å²) in [6.07, 6.45) is 4.01. The van der Waals surface area contributed by atoms with E-state index in [0.29, 0.717) is 58.9 Å². The first-order valence-corrected chi connectivity index (χ1v) is 9.81. The van der Waals surface area contributed by atoms with Crippen LogP contribution in [0.25, 0.3) is 11.2 Å². The summed E-state index contributed by atoms with van der Waals surface area (Å²) < 4.78 is 1.86. The van der Waals surface area contributed by atoms with Crippen molar-refractivity contribution in [1.82, 2.24) is 19.5 Å².